The molecule has 1 aromatic carbocycles. The van der Waals surface area contributed by atoms with Crippen LogP contribution in [0.15, 0.2) is 24.3 Å². The SMILES string of the molecule is C#Cc1ccccc1CCCC(=O)CC(=O)OCC. The lowest BCUT2D eigenvalue weighted by molar-refractivity contribution is -0.145. The molecule has 0 spiro atoms. The lowest BCUT2D eigenvalue weighted by Crippen LogP contribution is -2.11. The van der Waals surface area contributed by atoms with Crippen LogP contribution in [0.5, 0.6) is 0 Å². The summed E-state index contributed by atoms with van der Waals surface area (Å²) in [6, 6.07) is 7.67. The number of hydrogen-bond acceptors (Lipinski definition) is 3. The molecule has 0 aliphatic carbocycles. The molecule has 0 saturated heterocycles. The molecule has 0 fully saturated rings. The Kier molecular flexibility index (Phi) is 6.38. The standard InChI is InChI=1S/C16H18O3/c1-3-13-8-5-6-9-14(13)10-7-11-15(17)12-16(18)19-4-2/h1,5-6,8-9H,4,7,10-12H2,2H3. The van der Waals surface area contributed by atoms with Gasteiger partial charge < -0.3 is 4.74 Å². The highest BCUT2D eigenvalue weighted by Crippen LogP contribution is 2.11. The minimum Gasteiger partial charge on any atom is -0.466 e. The molecule has 3 heteroatoms. The molecule has 100 valence electrons. The van der Waals surface area contributed by atoms with Crippen LogP contribution in [0, 0.1) is 12.3 Å². The Morgan fingerprint density at radius 1 is 1.32 bits per heavy atom. The highest BCUT2D eigenvalue weighted by molar-refractivity contribution is 5.95. The monoisotopic (exact) mass is 258 g/mol. The summed E-state index contributed by atoms with van der Waals surface area (Å²) < 4.78 is 4.73. The average molecular weight is 258 g/mol. The summed E-state index contributed by atoms with van der Waals surface area (Å²) in [5.74, 6) is 2.09. The molecule has 0 radical (unpaired) electrons. The molecule has 0 N–H and O–H groups in total. The third-order valence-electron chi connectivity index (χ3n) is 2.72. The second-order valence-electron chi connectivity index (χ2n) is 4.18. The number of benzene rings is 1. The van der Waals surface area contributed by atoms with Crippen molar-refractivity contribution in [2.75, 3.05) is 6.61 Å². The predicted molar refractivity (Wildman–Crippen MR) is 73.6 cm³/mol. The number of esters is 1. The lowest BCUT2D eigenvalue weighted by Gasteiger charge is -2.04. The van der Waals surface area contributed by atoms with Crippen molar-refractivity contribution in [1.82, 2.24) is 0 Å². The second kappa shape index (κ2) is 8.10. The molecule has 1 rings (SSSR count). The molecule has 0 saturated carbocycles. The Morgan fingerprint density at radius 3 is 2.74 bits per heavy atom. The van der Waals surface area contributed by atoms with E-state index in [4.69, 9.17) is 11.2 Å². The van der Waals surface area contributed by atoms with Gasteiger partial charge in [-0.15, -0.1) is 6.42 Å². The molecule has 0 amide bonds. The topological polar surface area (TPSA) is 43.4 Å². The number of ketones is 1. The quantitative estimate of drug-likeness (QED) is 0.429. The Hall–Kier alpha value is -2.08. The van der Waals surface area contributed by atoms with E-state index in [0.29, 0.717) is 19.4 Å². The molecule has 0 aliphatic rings. The molecule has 0 aromatic heterocycles. The Balaban J connectivity index is 2.36. The van der Waals surface area contributed by atoms with E-state index in [-0.39, 0.29) is 12.2 Å². The summed E-state index contributed by atoms with van der Waals surface area (Å²) in [5.41, 5.74) is 1.93. The van der Waals surface area contributed by atoms with Crippen LogP contribution in [-0.2, 0) is 20.7 Å². The number of rotatable bonds is 7. The van der Waals surface area contributed by atoms with Gasteiger partial charge in [0.15, 0.2) is 0 Å². The molecule has 3 nitrogen and oxygen atoms in total. The normalized spacial score (nSPS) is 9.68. The van der Waals surface area contributed by atoms with Crippen molar-refractivity contribution >= 4 is 11.8 Å². The van der Waals surface area contributed by atoms with Crippen LogP contribution in [0.4, 0.5) is 0 Å². The number of terminal acetylenes is 1. The summed E-state index contributed by atoms with van der Waals surface area (Å²) in [4.78, 5) is 22.6. The van der Waals surface area contributed by atoms with Gasteiger partial charge in [0.1, 0.15) is 12.2 Å². The number of ether oxygens (including phenoxy) is 1. The van der Waals surface area contributed by atoms with Gasteiger partial charge in [0.2, 0.25) is 0 Å². The highest BCUT2D eigenvalue weighted by atomic mass is 16.5. The van der Waals surface area contributed by atoms with Crippen LogP contribution < -0.4 is 0 Å². The zero-order valence-corrected chi connectivity index (χ0v) is 11.1. The zero-order valence-electron chi connectivity index (χ0n) is 11.1. The van der Waals surface area contributed by atoms with Gasteiger partial charge in [-0.05, 0) is 31.4 Å². The molecule has 0 aliphatic heterocycles. The molecule has 19 heavy (non-hydrogen) atoms. The van der Waals surface area contributed by atoms with Crippen molar-refractivity contribution < 1.29 is 14.3 Å². The summed E-state index contributed by atoms with van der Waals surface area (Å²) in [5, 5.41) is 0. The molecule has 0 bridgehead atoms. The van der Waals surface area contributed by atoms with Gasteiger partial charge >= 0.3 is 5.97 Å². The number of Topliss-reactive ketones (excluding diaryl/α,β-unsaturated/α-hetero) is 1. The third-order valence-corrected chi connectivity index (χ3v) is 2.72. The van der Waals surface area contributed by atoms with Crippen molar-refractivity contribution in [1.29, 1.82) is 0 Å². The van der Waals surface area contributed by atoms with Crippen molar-refractivity contribution in [2.24, 2.45) is 0 Å². The number of aryl methyl sites for hydroxylation is 1. The van der Waals surface area contributed by atoms with E-state index in [1.54, 1.807) is 6.92 Å². The van der Waals surface area contributed by atoms with Gasteiger partial charge in [-0.1, -0.05) is 24.1 Å². The fourth-order valence-electron chi connectivity index (χ4n) is 1.82. The largest absolute Gasteiger partial charge is 0.466 e. The first-order valence-electron chi connectivity index (χ1n) is 6.39. The molecule has 0 atom stereocenters. The lowest BCUT2D eigenvalue weighted by atomic mass is 10.0. The summed E-state index contributed by atoms with van der Waals surface area (Å²) in [6.45, 7) is 2.03. The van der Waals surface area contributed by atoms with Gasteiger partial charge in [-0.2, -0.15) is 0 Å². The minimum atomic E-state index is -0.448. The first-order chi connectivity index (χ1) is 9.17. The van der Waals surface area contributed by atoms with Gasteiger partial charge in [0.25, 0.3) is 0 Å². The van der Waals surface area contributed by atoms with Crippen LogP contribution in [0.2, 0.25) is 0 Å². The minimum absolute atomic E-state index is 0.0864. The zero-order chi connectivity index (χ0) is 14.1. The molecular weight excluding hydrogens is 240 g/mol. The van der Waals surface area contributed by atoms with E-state index in [1.165, 1.54) is 0 Å². The Bertz CT molecular complexity index is 483. The van der Waals surface area contributed by atoms with E-state index in [0.717, 1.165) is 17.5 Å². The smallest absolute Gasteiger partial charge is 0.313 e. The maximum absolute atomic E-state index is 11.5. The summed E-state index contributed by atoms with van der Waals surface area (Å²) >= 11 is 0. The third kappa shape index (κ3) is 5.39. The highest BCUT2D eigenvalue weighted by Gasteiger charge is 2.10. The fraction of sp³-hybridized carbons (Fsp3) is 0.375. The van der Waals surface area contributed by atoms with E-state index in [9.17, 15) is 9.59 Å². The van der Waals surface area contributed by atoms with Gasteiger partial charge in [-0.25, -0.2) is 0 Å². The van der Waals surface area contributed by atoms with Gasteiger partial charge in [0, 0.05) is 12.0 Å². The average Bonchev–Trinajstić information content (AvgIpc) is 2.39. The summed E-state index contributed by atoms with van der Waals surface area (Å²) in [6.07, 6.45) is 7.08. The van der Waals surface area contributed by atoms with Gasteiger partial charge in [-0.3, -0.25) is 9.59 Å². The van der Waals surface area contributed by atoms with E-state index < -0.39 is 5.97 Å². The van der Waals surface area contributed by atoms with Crippen molar-refractivity contribution in [3.8, 4) is 12.3 Å². The maximum atomic E-state index is 11.5. The van der Waals surface area contributed by atoms with Crippen LogP contribution in [0.1, 0.15) is 37.3 Å². The molecular formula is C16H18O3. The second-order valence-corrected chi connectivity index (χ2v) is 4.18. The van der Waals surface area contributed by atoms with Crippen LogP contribution in [-0.4, -0.2) is 18.4 Å². The Morgan fingerprint density at radius 2 is 2.05 bits per heavy atom. The predicted octanol–water partition coefficient (Wildman–Crippen LogP) is 2.51. The van der Waals surface area contributed by atoms with E-state index in [2.05, 4.69) is 5.92 Å². The van der Waals surface area contributed by atoms with Crippen LogP contribution in [0.3, 0.4) is 0 Å². The number of hydrogen-bond donors (Lipinski definition) is 0. The first-order valence-corrected chi connectivity index (χ1v) is 6.39. The number of carbonyl (C=O) groups excluding carboxylic acids is 2. The molecule has 0 heterocycles. The van der Waals surface area contributed by atoms with Crippen molar-refractivity contribution in [2.45, 2.75) is 32.6 Å². The molecule has 0 unspecified atom stereocenters. The van der Waals surface area contributed by atoms with Crippen molar-refractivity contribution in [3.05, 3.63) is 35.4 Å². The van der Waals surface area contributed by atoms with E-state index >= 15 is 0 Å². The number of carbonyl (C=O) groups is 2. The molecule has 1 aromatic rings. The van der Waals surface area contributed by atoms with Gasteiger partial charge in [0.05, 0.1) is 6.61 Å². The van der Waals surface area contributed by atoms with Crippen LogP contribution in [0.25, 0.3) is 0 Å². The van der Waals surface area contributed by atoms with Crippen LogP contribution >= 0.6 is 0 Å². The first kappa shape index (κ1) is 15.0. The van der Waals surface area contributed by atoms with E-state index in [1.807, 2.05) is 24.3 Å². The Labute approximate surface area is 114 Å². The van der Waals surface area contributed by atoms with Crippen molar-refractivity contribution in [3.63, 3.8) is 0 Å². The maximum Gasteiger partial charge on any atom is 0.313 e. The fourth-order valence-corrected chi connectivity index (χ4v) is 1.82. The summed E-state index contributed by atoms with van der Waals surface area (Å²) in [7, 11) is 0.